The topological polar surface area (TPSA) is 39.7 Å². The number of nitrogens with one attached hydrogen (secondary N) is 1. The Kier molecular flexibility index (Phi) is 7.49. The molecule has 0 saturated heterocycles. The average Bonchev–Trinajstić information content (AvgIpc) is 2.17. The number of hydrogen-bond donors (Lipinski definition) is 1. The van der Waals surface area contributed by atoms with Gasteiger partial charge in [0.05, 0.1) is 0 Å². The highest BCUT2D eigenvalue weighted by Gasteiger charge is 2.37. The number of rotatable bonds is 8. The van der Waals surface area contributed by atoms with Crippen LogP contribution in [-0.4, -0.2) is 43.2 Å². The van der Waals surface area contributed by atoms with Crippen LogP contribution in [-0.2, 0) is 13.3 Å². The molecule has 0 radical (unpaired) electrons. The number of hydrogen-bond acceptors (Lipinski definition) is 4. The van der Waals surface area contributed by atoms with E-state index in [1.807, 2.05) is 14.0 Å². The van der Waals surface area contributed by atoms with Gasteiger partial charge < -0.3 is 18.6 Å². The van der Waals surface area contributed by atoms with Crippen molar-refractivity contribution in [3.05, 3.63) is 0 Å². The molecule has 0 aliphatic carbocycles. The summed E-state index contributed by atoms with van der Waals surface area (Å²) in [6, 6.07) is 0.870. The van der Waals surface area contributed by atoms with E-state index in [9.17, 15) is 0 Å². The highest BCUT2D eigenvalue weighted by Crippen LogP contribution is 2.15. The van der Waals surface area contributed by atoms with Gasteiger partial charge in [-0.1, -0.05) is 0 Å². The van der Waals surface area contributed by atoms with Crippen molar-refractivity contribution in [1.29, 1.82) is 0 Å². The van der Waals surface area contributed by atoms with Crippen molar-refractivity contribution in [2.24, 2.45) is 0 Å². The van der Waals surface area contributed by atoms with Gasteiger partial charge in [0, 0.05) is 26.9 Å². The minimum Gasteiger partial charge on any atom is -0.377 e. The largest absolute Gasteiger partial charge is 0.500 e. The van der Waals surface area contributed by atoms with Crippen molar-refractivity contribution < 1.29 is 13.3 Å². The average molecular weight is 207 g/mol. The first kappa shape index (κ1) is 13.1. The first-order valence-corrected chi connectivity index (χ1v) is 6.56. The first-order valence-electron chi connectivity index (χ1n) is 4.63. The molecule has 0 atom stereocenters. The Labute approximate surface area is 81.9 Å². The van der Waals surface area contributed by atoms with Crippen molar-refractivity contribution in [2.45, 2.75) is 19.4 Å². The molecule has 0 bridgehead atoms. The third-order valence-corrected chi connectivity index (χ3v) is 4.83. The van der Waals surface area contributed by atoms with Crippen LogP contribution in [0.25, 0.3) is 0 Å². The summed E-state index contributed by atoms with van der Waals surface area (Å²) in [4.78, 5) is 0. The monoisotopic (exact) mass is 207 g/mol. The molecule has 0 amide bonds. The Balaban J connectivity index is 3.89. The van der Waals surface area contributed by atoms with Gasteiger partial charge in [0.25, 0.3) is 0 Å². The summed E-state index contributed by atoms with van der Waals surface area (Å²) >= 11 is 0. The van der Waals surface area contributed by atoms with Crippen LogP contribution in [0.2, 0.25) is 6.04 Å². The van der Waals surface area contributed by atoms with Gasteiger partial charge in [-0.3, -0.25) is 0 Å². The van der Waals surface area contributed by atoms with Gasteiger partial charge in [-0.2, -0.15) is 0 Å². The molecule has 0 spiro atoms. The fourth-order valence-electron chi connectivity index (χ4n) is 1.18. The van der Waals surface area contributed by atoms with Crippen molar-refractivity contribution in [2.75, 3.05) is 34.4 Å². The Bertz CT molecular complexity index is 120. The van der Waals surface area contributed by atoms with Crippen LogP contribution in [0.5, 0.6) is 0 Å². The maximum atomic E-state index is 5.54. The summed E-state index contributed by atoms with van der Waals surface area (Å²) in [6.45, 7) is 3.57. The predicted molar refractivity (Wildman–Crippen MR) is 54.7 cm³/mol. The van der Waals surface area contributed by atoms with Crippen molar-refractivity contribution >= 4 is 8.80 Å². The molecule has 0 heterocycles. The second kappa shape index (κ2) is 7.46. The lowest BCUT2D eigenvalue weighted by molar-refractivity contribution is 0.103. The quantitative estimate of drug-likeness (QED) is 0.473. The summed E-state index contributed by atoms with van der Waals surface area (Å²) in [7, 11) is 2.93. The summed E-state index contributed by atoms with van der Waals surface area (Å²) < 4.78 is 16.2. The summed E-state index contributed by atoms with van der Waals surface area (Å²) in [6.07, 6.45) is 1.02. The summed E-state index contributed by atoms with van der Waals surface area (Å²) in [5.74, 6) is 0. The Morgan fingerprint density at radius 2 is 1.85 bits per heavy atom. The summed E-state index contributed by atoms with van der Waals surface area (Å²) in [5, 5.41) is 3.09. The highest BCUT2D eigenvalue weighted by molar-refractivity contribution is 6.60. The van der Waals surface area contributed by atoms with E-state index in [1.54, 1.807) is 14.2 Å². The third kappa shape index (κ3) is 4.73. The molecule has 0 aromatic heterocycles. The molecule has 0 aliphatic heterocycles. The molecule has 0 rings (SSSR count). The molecule has 5 heteroatoms. The molecule has 0 aromatic carbocycles. The predicted octanol–water partition coefficient (Wildman–Crippen LogP) is 0.864. The van der Waals surface area contributed by atoms with Gasteiger partial charge in [0.15, 0.2) is 0 Å². The third-order valence-electron chi connectivity index (χ3n) is 1.90. The van der Waals surface area contributed by atoms with Crippen LogP contribution in [0.4, 0.5) is 0 Å². The van der Waals surface area contributed by atoms with E-state index < -0.39 is 8.80 Å². The maximum absolute atomic E-state index is 5.54. The minimum atomic E-state index is -2.32. The zero-order chi connectivity index (χ0) is 10.2. The van der Waals surface area contributed by atoms with E-state index in [1.165, 1.54) is 0 Å². The van der Waals surface area contributed by atoms with Gasteiger partial charge in [-0.05, 0) is 26.9 Å². The standard InChI is InChI=1S/C8H21NO3Si/c1-5-12-13(10-3,11-4)8-6-7-9-2/h9H,5-8H2,1-4H3. The normalized spacial score (nSPS) is 12.0. The van der Waals surface area contributed by atoms with E-state index in [4.69, 9.17) is 13.3 Å². The molecular weight excluding hydrogens is 186 g/mol. The second-order valence-electron chi connectivity index (χ2n) is 2.73. The van der Waals surface area contributed by atoms with Crippen LogP contribution in [0, 0.1) is 0 Å². The van der Waals surface area contributed by atoms with E-state index in [2.05, 4.69) is 5.32 Å². The lowest BCUT2D eigenvalue weighted by atomic mass is 10.5. The van der Waals surface area contributed by atoms with E-state index in [-0.39, 0.29) is 0 Å². The highest BCUT2D eigenvalue weighted by atomic mass is 28.4. The molecule has 1 N–H and O–H groups in total. The van der Waals surface area contributed by atoms with Crippen molar-refractivity contribution in [3.63, 3.8) is 0 Å². The molecular formula is C8H21NO3Si. The smallest absolute Gasteiger partial charge is 0.377 e. The minimum absolute atomic E-state index is 0.646. The zero-order valence-electron chi connectivity index (χ0n) is 9.05. The molecule has 80 valence electrons. The lowest BCUT2D eigenvalue weighted by Crippen LogP contribution is -2.44. The fraction of sp³-hybridized carbons (Fsp3) is 1.00. The Hall–Kier alpha value is 0.0569. The molecule has 0 fully saturated rings. The SMILES string of the molecule is CCO[Si](CCCNC)(OC)OC. The zero-order valence-corrected chi connectivity index (χ0v) is 10.1. The molecule has 0 aromatic rings. The van der Waals surface area contributed by atoms with Gasteiger partial charge in [-0.25, -0.2) is 0 Å². The van der Waals surface area contributed by atoms with E-state index >= 15 is 0 Å². The Morgan fingerprint density at radius 1 is 1.23 bits per heavy atom. The molecule has 13 heavy (non-hydrogen) atoms. The van der Waals surface area contributed by atoms with Gasteiger partial charge >= 0.3 is 8.80 Å². The second-order valence-corrected chi connectivity index (χ2v) is 5.70. The van der Waals surface area contributed by atoms with Crippen LogP contribution >= 0.6 is 0 Å². The van der Waals surface area contributed by atoms with Crippen molar-refractivity contribution in [1.82, 2.24) is 5.32 Å². The van der Waals surface area contributed by atoms with Gasteiger partial charge in [0.1, 0.15) is 0 Å². The van der Waals surface area contributed by atoms with E-state index in [0.717, 1.165) is 19.0 Å². The van der Waals surface area contributed by atoms with Crippen molar-refractivity contribution in [3.8, 4) is 0 Å². The van der Waals surface area contributed by atoms with Crippen LogP contribution in [0.3, 0.4) is 0 Å². The summed E-state index contributed by atoms with van der Waals surface area (Å²) in [5.41, 5.74) is 0. The van der Waals surface area contributed by atoms with Crippen LogP contribution in [0.1, 0.15) is 13.3 Å². The fourth-order valence-corrected chi connectivity index (χ4v) is 3.18. The van der Waals surface area contributed by atoms with Gasteiger partial charge in [0.2, 0.25) is 0 Å². The molecule has 0 saturated carbocycles. The Morgan fingerprint density at radius 3 is 2.23 bits per heavy atom. The van der Waals surface area contributed by atoms with Gasteiger partial charge in [-0.15, -0.1) is 0 Å². The molecule has 4 nitrogen and oxygen atoms in total. The first-order chi connectivity index (χ1) is 6.24. The van der Waals surface area contributed by atoms with Crippen LogP contribution < -0.4 is 5.32 Å². The van der Waals surface area contributed by atoms with Crippen LogP contribution in [0.15, 0.2) is 0 Å². The maximum Gasteiger partial charge on any atom is 0.500 e. The lowest BCUT2D eigenvalue weighted by Gasteiger charge is -2.25. The molecule has 0 aliphatic rings. The van der Waals surface area contributed by atoms with E-state index in [0.29, 0.717) is 6.61 Å². The molecule has 0 unspecified atom stereocenters.